The maximum absolute atomic E-state index is 9.40. The van der Waals surface area contributed by atoms with Crippen molar-refractivity contribution in [1.82, 2.24) is 4.98 Å². The van der Waals surface area contributed by atoms with Gasteiger partial charge in [-0.2, -0.15) is 5.26 Å². The Balaban J connectivity index is 2.12. The van der Waals surface area contributed by atoms with Crippen LogP contribution < -0.4 is 10.1 Å². The first kappa shape index (κ1) is 14.9. The van der Waals surface area contributed by atoms with Crippen molar-refractivity contribution >= 4 is 22.3 Å². The van der Waals surface area contributed by atoms with E-state index in [0.29, 0.717) is 5.56 Å². The first-order valence-electron chi connectivity index (χ1n) is 7.48. The van der Waals surface area contributed by atoms with Gasteiger partial charge in [-0.1, -0.05) is 19.1 Å². The van der Waals surface area contributed by atoms with Crippen LogP contribution in [-0.4, -0.2) is 12.1 Å². The van der Waals surface area contributed by atoms with Gasteiger partial charge < -0.3 is 10.1 Å². The lowest BCUT2D eigenvalue weighted by atomic mass is 10.1. The highest BCUT2D eigenvalue weighted by atomic mass is 16.5. The number of aromatic nitrogens is 1. The molecule has 0 amide bonds. The Labute approximate surface area is 135 Å². The minimum absolute atomic E-state index is 0.518. The molecule has 0 saturated heterocycles. The molecular formula is C19H17N3O. The summed E-state index contributed by atoms with van der Waals surface area (Å²) < 4.78 is 5.24. The fraction of sp³-hybridized carbons (Fsp3) is 0.158. The second kappa shape index (κ2) is 6.37. The summed E-state index contributed by atoms with van der Waals surface area (Å²) in [6, 6.07) is 16.1. The summed E-state index contributed by atoms with van der Waals surface area (Å²) in [5.41, 5.74) is 4.29. The molecule has 0 spiro atoms. The molecule has 4 nitrogen and oxygen atoms in total. The molecule has 3 aromatic rings. The van der Waals surface area contributed by atoms with Crippen molar-refractivity contribution in [3.05, 3.63) is 59.8 Å². The summed E-state index contributed by atoms with van der Waals surface area (Å²) in [4.78, 5) is 4.35. The highest BCUT2D eigenvalue weighted by molar-refractivity contribution is 5.96. The monoisotopic (exact) mass is 303 g/mol. The standard InChI is InChI=1S/C19H17N3O/c1-3-13-5-4-6-15(9-13)22-19-14(11-20)12-21-18-10-16(23-2)7-8-17(18)19/h4-10,12H,3H2,1-2H3,(H,21,22). The van der Waals surface area contributed by atoms with Crippen LogP contribution in [0.4, 0.5) is 11.4 Å². The topological polar surface area (TPSA) is 57.9 Å². The quantitative estimate of drug-likeness (QED) is 0.775. The largest absolute Gasteiger partial charge is 0.497 e. The lowest BCUT2D eigenvalue weighted by molar-refractivity contribution is 0.415. The molecule has 0 fully saturated rings. The molecule has 1 N–H and O–H groups in total. The van der Waals surface area contributed by atoms with Crippen LogP contribution in [0.5, 0.6) is 5.75 Å². The van der Waals surface area contributed by atoms with Crippen molar-refractivity contribution in [2.45, 2.75) is 13.3 Å². The lowest BCUT2D eigenvalue weighted by Crippen LogP contribution is -1.97. The summed E-state index contributed by atoms with van der Waals surface area (Å²) in [6.07, 6.45) is 2.56. The van der Waals surface area contributed by atoms with Gasteiger partial charge in [0.1, 0.15) is 11.8 Å². The van der Waals surface area contributed by atoms with Crippen LogP contribution in [0.2, 0.25) is 0 Å². The van der Waals surface area contributed by atoms with Crippen molar-refractivity contribution in [3.8, 4) is 11.8 Å². The lowest BCUT2D eigenvalue weighted by Gasteiger charge is -2.13. The number of ether oxygens (including phenoxy) is 1. The molecule has 3 rings (SSSR count). The van der Waals surface area contributed by atoms with Gasteiger partial charge in [0.2, 0.25) is 0 Å². The average molecular weight is 303 g/mol. The van der Waals surface area contributed by atoms with E-state index in [9.17, 15) is 5.26 Å². The summed E-state index contributed by atoms with van der Waals surface area (Å²) in [6.45, 7) is 2.12. The number of nitrogens with zero attached hydrogens (tertiary/aromatic N) is 2. The molecule has 0 aliphatic heterocycles. The minimum Gasteiger partial charge on any atom is -0.497 e. The van der Waals surface area contributed by atoms with E-state index in [1.807, 2.05) is 30.3 Å². The van der Waals surface area contributed by atoms with Gasteiger partial charge in [0.25, 0.3) is 0 Å². The fourth-order valence-corrected chi connectivity index (χ4v) is 2.53. The van der Waals surface area contributed by atoms with Crippen molar-refractivity contribution in [3.63, 3.8) is 0 Å². The van der Waals surface area contributed by atoms with Gasteiger partial charge in [-0.25, -0.2) is 0 Å². The zero-order valence-electron chi connectivity index (χ0n) is 13.1. The van der Waals surface area contributed by atoms with Crippen LogP contribution in [-0.2, 0) is 6.42 Å². The molecule has 0 radical (unpaired) electrons. The first-order chi connectivity index (χ1) is 11.2. The molecule has 2 aromatic carbocycles. The molecule has 0 bridgehead atoms. The number of nitriles is 1. The molecular weight excluding hydrogens is 286 g/mol. The molecule has 1 heterocycles. The van der Waals surface area contributed by atoms with Crippen LogP contribution in [0.15, 0.2) is 48.7 Å². The van der Waals surface area contributed by atoms with Gasteiger partial charge in [-0.3, -0.25) is 4.98 Å². The summed E-state index contributed by atoms with van der Waals surface area (Å²) in [7, 11) is 1.63. The molecule has 23 heavy (non-hydrogen) atoms. The number of benzene rings is 2. The number of hydrogen-bond acceptors (Lipinski definition) is 4. The molecule has 0 atom stereocenters. The van der Waals surface area contributed by atoms with E-state index in [1.54, 1.807) is 13.3 Å². The van der Waals surface area contributed by atoms with Crippen molar-refractivity contribution in [2.75, 3.05) is 12.4 Å². The highest BCUT2D eigenvalue weighted by Gasteiger charge is 2.10. The fourth-order valence-electron chi connectivity index (χ4n) is 2.53. The zero-order chi connectivity index (χ0) is 16.2. The Bertz CT molecular complexity index is 897. The number of hydrogen-bond donors (Lipinski definition) is 1. The summed E-state index contributed by atoms with van der Waals surface area (Å²) in [5.74, 6) is 0.744. The SMILES string of the molecule is CCc1cccc(Nc2c(C#N)cnc3cc(OC)ccc23)c1. The predicted molar refractivity (Wildman–Crippen MR) is 92.1 cm³/mol. The second-order valence-corrected chi connectivity index (χ2v) is 5.22. The zero-order valence-corrected chi connectivity index (χ0v) is 13.1. The maximum Gasteiger partial charge on any atom is 0.121 e. The van der Waals surface area contributed by atoms with E-state index >= 15 is 0 Å². The molecule has 0 unspecified atom stereocenters. The number of nitrogens with one attached hydrogen (secondary N) is 1. The Morgan fingerprint density at radius 3 is 2.83 bits per heavy atom. The van der Waals surface area contributed by atoms with Gasteiger partial charge >= 0.3 is 0 Å². The number of anilines is 2. The molecule has 1 aromatic heterocycles. The van der Waals surface area contributed by atoms with Gasteiger partial charge in [-0.05, 0) is 36.2 Å². The molecule has 4 heteroatoms. The highest BCUT2D eigenvalue weighted by Crippen LogP contribution is 2.31. The van der Waals surface area contributed by atoms with Crippen molar-refractivity contribution < 1.29 is 4.74 Å². The normalized spacial score (nSPS) is 10.3. The van der Waals surface area contributed by atoms with Crippen LogP contribution in [0.25, 0.3) is 10.9 Å². The van der Waals surface area contributed by atoms with E-state index < -0.39 is 0 Å². The first-order valence-corrected chi connectivity index (χ1v) is 7.48. The maximum atomic E-state index is 9.40. The Hall–Kier alpha value is -3.06. The van der Waals surface area contributed by atoms with Crippen LogP contribution in [0, 0.1) is 11.3 Å². The Morgan fingerprint density at radius 1 is 1.22 bits per heavy atom. The number of rotatable bonds is 4. The van der Waals surface area contributed by atoms with E-state index in [-0.39, 0.29) is 0 Å². The van der Waals surface area contributed by atoms with E-state index in [2.05, 4.69) is 35.4 Å². The number of pyridine rings is 1. The van der Waals surface area contributed by atoms with E-state index in [0.717, 1.165) is 34.4 Å². The number of methoxy groups -OCH3 is 1. The summed E-state index contributed by atoms with van der Waals surface area (Å²) in [5, 5.41) is 13.7. The van der Waals surface area contributed by atoms with Gasteiger partial charge in [0, 0.05) is 23.3 Å². The van der Waals surface area contributed by atoms with Crippen LogP contribution in [0.3, 0.4) is 0 Å². The molecule has 0 saturated carbocycles. The molecule has 0 aliphatic carbocycles. The van der Waals surface area contributed by atoms with E-state index in [1.165, 1.54) is 5.56 Å². The van der Waals surface area contributed by atoms with Gasteiger partial charge in [0.15, 0.2) is 0 Å². The Morgan fingerprint density at radius 2 is 2.09 bits per heavy atom. The smallest absolute Gasteiger partial charge is 0.121 e. The van der Waals surface area contributed by atoms with Crippen LogP contribution in [0.1, 0.15) is 18.1 Å². The van der Waals surface area contributed by atoms with E-state index in [4.69, 9.17) is 4.74 Å². The number of aryl methyl sites for hydroxylation is 1. The van der Waals surface area contributed by atoms with Gasteiger partial charge in [0.05, 0.1) is 23.9 Å². The van der Waals surface area contributed by atoms with Crippen molar-refractivity contribution in [2.24, 2.45) is 0 Å². The third-order valence-corrected chi connectivity index (χ3v) is 3.80. The van der Waals surface area contributed by atoms with Crippen molar-refractivity contribution in [1.29, 1.82) is 5.26 Å². The third-order valence-electron chi connectivity index (χ3n) is 3.80. The van der Waals surface area contributed by atoms with Gasteiger partial charge in [-0.15, -0.1) is 0 Å². The molecule has 0 aliphatic rings. The minimum atomic E-state index is 0.518. The van der Waals surface area contributed by atoms with Crippen LogP contribution >= 0.6 is 0 Å². The average Bonchev–Trinajstić information content (AvgIpc) is 2.61. The third kappa shape index (κ3) is 2.95. The second-order valence-electron chi connectivity index (χ2n) is 5.22. The summed E-state index contributed by atoms with van der Waals surface area (Å²) >= 11 is 0. The Kier molecular flexibility index (Phi) is 4.11. The molecule has 114 valence electrons. The predicted octanol–water partition coefficient (Wildman–Crippen LogP) is 4.42. The number of fused-ring (bicyclic) bond motifs is 1.